The van der Waals surface area contributed by atoms with Crippen molar-refractivity contribution in [1.82, 2.24) is 0 Å². The number of nitrogens with zero attached hydrogens (tertiary/aromatic N) is 1. The zero-order chi connectivity index (χ0) is 13.4. The number of rotatable bonds is 0. The highest BCUT2D eigenvalue weighted by Crippen LogP contribution is 1.62. The Morgan fingerprint density at radius 1 is 0.867 bits per heavy atom. The molecule has 0 radical (unpaired) electrons. The largest absolute Gasteiger partial charge is 0.443 e. The van der Waals surface area contributed by atoms with Crippen LogP contribution >= 0.6 is 0 Å². The van der Waals surface area contributed by atoms with Crippen molar-refractivity contribution in [2.45, 2.75) is 0 Å². The maximum atomic E-state index is 10.0. The molecule has 14 heteroatoms. The van der Waals surface area contributed by atoms with Crippen molar-refractivity contribution in [3.05, 3.63) is 0 Å². The second kappa shape index (κ2) is 23.3. The first kappa shape index (κ1) is 23.9. The van der Waals surface area contributed by atoms with Crippen molar-refractivity contribution in [3.63, 3.8) is 0 Å². The van der Waals surface area contributed by atoms with Crippen LogP contribution in [-0.4, -0.2) is 31.4 Å². The number of halogens is 3. The third-order valence-corrected chi connectivity index (χ3v) is 0. The molecule has 0 heterocycles. The monoisotopic (exact) mass is 295 g/mol. The minimum Gasteiger partial charge on any atom is -0.443 e. The summed E-state index contributed by atoms with van der Waals surface area (Å²) in [6.45, 7) is 0. The van der Waals surface area contributed by atoms with Crippen LogP contribution in [-0.2, 0) is 34.4 Å². The maximum Gasteiger partial charge on any atom is 0.342 e. The minimum absolute atomic E-state index is 0.750. The van der Waals surface area contributed by atoms with E-state index in [1.807, 2.05) is 0 Å². The predicted molar refractivity (Wildman–Crippen MR) is 43.2 cm³/mol. The van der Waals surface area contributed by atoms with Gasteiger partial charge in [-0.15, -0.1) is 11.7 Å². The van der Waals surface area contributed by atoms with Crippen molar-refractivity contribution >= 4 is 34.4 Å². The van der Waals surface area contributed by atoms with Gasteiger partial charge in [-0.2, -0.15) is 17.9 Å². The zero-order valence-electron chi connectivity index (χ0n) is 6.32. The first-order chi connectivity index (χ1) is 6.61. The summed E-state index contributed by atoms with van der Waals surface area (Å²) in [5.41, 5.74) is 0. The molecule has 3 atom stereocenters. The fourth-order valence-electron chi connectivity index (χ4n) is 0. The molecule has 0 amide bonds. The van der Waals surface area contributed by atoms with Crippen LogP contribution < -0.4 is 0 Å². The second-order valence-electron chi connectivity index (χ2n) is 0.720. The molecule has 0 aliphatic heterocycles. The van der Waals surface area contributed by atoms with Gasteiger partial charge in [-0.05, 0) is 0 Å². The molecule has 0 aromatic carbocycles. The summed E-state index contributed by atoms with van der Waals surface area (Å²) in [6, 6.07) is 0. The van der Waals surface area contributed by atoms with Crippen molar-refractivity contribution in [2.24, 2.45) is 0 Å². The summed E-state index contributed by atoms with van der Waals surface area (Å²) in [4.78, 5) is 0. The molecule has 0 rings (SSSR count). The zero-order valence-corrected chi connectivity index (χ0v) is 8.77. The van der Waals surface area contributed by atoms with Crippen LogP contribution in [0.5, 0.6) is 0 Å². The van der Waals surface area contributed by atoms with E-state index in [0.717, 1.165) is 6.26 Å². The molecule has 0 spiro atoms. The van der Waals surface area contributed by atoms with Crippen LogP contribution in [0.1, 0.15) is 0 Å². The van der Waals surface area contributed by atoms with Crippen LogP contribution in [0.4, 0.5) is 11.7 Å². The quantitative estimate of drug-likeness (QED) is 0.279. The Bertz CT molecular complexity index is 187. The lowest BCUT2D eigenvalue weighted by Crippen LogP contribution is -1.63. The van der Waals surface area contributed by atoms with Gasteiger partial charge in [0.1, 0.15) is 0 Å². The van der Waals surface area contributed by atoms with E-state index in [4.69, 9.17) is 36.7 Å². The molecule has 0 saturated carbocycles. The normalized spacial score (nSPS) is 12.9. The summed E-state index contributed by atoms with van der Waals surface area (Å²) in [5.74, 6) is 0. The average Bonchev–Trinajstić information content (AvgIpc) is 1.81. The topological polar surface area (TPSA) is 156 Å². The molecule has 0 aliphatic carbocycles. The molecule has 0 saturated heterocycles. The fourth-order valence-corrected chi connectivity index (χ4v) is 0. The average molecular weight is 295 g/mol. The van der Waals surface area contributed by atoms with Crippen LogP contribution in [0.2, 0.25) is 0 Å². The molecular formula is CH4F3NO7S3. The standard InChI is InChI=1S/CHNO.3FHO2S/c2-1-3;3*1-4(2)3/h3H;3*(H,2,3). The van der Waals surface area contributed by atoms with Gasteiger partial charge >= 0.3 is 34.4 Å². The van der Waals surface area contributed by atoms with Crippen molar-refractivity contribution < 1.29 is 43.0 Å². The molecule has 94 valence electrons. The predicted octanol–water partition coefficient (Wildman–Crippen LogP) is 0.118. The SMILES string of the molecule is N#CO.O=S(O)F.O=S(O)F.O=S(O)F. The van der Waals surface area contributed by atoms with Gasteiger partial charge < -0.3 is 5.11 Å². The van der Waals surface area contributed by atoms with Gasteiger partial charge in [0, 0.05) is 0 Å². The van der Waals surface area contributed by atoms with E-state index in [1.54, 1.807) is 0 Å². The Morgan fingerprint density at radius 2 is 0.867 bits per heavy atom. The van der Waals surface area contributed by atoms with E-state index in [0.29, 0.717) is 0 Å². The van der Waals surface area contributed by atoms with E-state index in [1.165, 1.54) is 0 Å². The Morgan fingerprint density at radius 3 is 0.867 bits per heavy atom. The van der Waals surface area contributed by atoms with Crippen LogP contribution in [0, 0.1) is 11.5 Å². The van der Waals surface area contributed by atoms with Crippen molar-refractivity contribution in [3.8, 4) is 6.26 Å². The van der Waals surface area contributed by atoms with Gasteiger partial charge in [0.15, 0.2) is 0 Å². The summed E-state index contributed by atoms with van der Waals surface area (Å²) < 4.78 is 76.0. The van der Waals surface area contributed by atoms with E-state index in [2.05, 4.69) is 0 Å². The number of hydrogen-bond acceptors (Lipinski definition) is 5. The first-order valence-corrected chi connectivity index (χ1v) is 4.98. The smallest absolute Gasteiger partial charge is 0.342 e. The first-order valence-electron chi connectivity index (χ1n) is 1.96. The lowest BCUT2D eigenvalue weighted by Gasteiger charge is -1.53. The number of aliphatic hydroxyl groups excluding tert-OH is 1. The van der Waals surface area contributed by atoms with Gasteiger partial charge in [-0.1, -0.05) is 0 Å². The van der Waals surface area contributed by atoms with E-state index < -0.39 is 34.4 Å². The highest BCUT2D eigenvalue weighted by Gasteiger charge is 1.69. The lowest BCUT2D eigenvalue weighted by atomic mass is 11.6. The van der Waals surface area contributed by atoms with E-state index >= 15 is 0 Å². The summed E-state index contributed by atoms with van der Waals surface area (Å²) in [7, 11) is 0. The van der Waals surface area contributed by atoms with E-state index in [-0.39, 0.29) is 0 Å². The molecule has 0 fully saturated rings. The van der Waals surface area contributed by atoms with Gasteiger partial charge in [0.2, 0.25) is 0 Å². The Kier molecular flexibility index (Phi) is 37.2. The third kappa shape index (κ3) is 5020. The van der Waals surface area contributed by atoms with E-state index in [9.17, 15) is 11.7 Å². The summed E-state index contributed by atoms with van der Waals surface area (Å²) in [5, 5.41) is 13.8. The molecule has 15 heavy (non-hydrogen) atoms. The molecule has 8 nitrogen and oxygen atoms in total. The molecule has 0 aromatic heterocycles. The van der Waals surface area contributed by atoms with Gasteiger partial charge in [-0.3, -0.25) is 13.7 Å². The maximum absolute atomic E-state index is 10.0. The number of nitriles is 1. The van der Waals surface area contributed by atoms with Crippen LogP contribution in [0.3, 0.4) is 0 Å². The van der Waals surface area contributed by atoms with Crippen molar-refractivity contribution in [2.75, 3.05) is 0 Å². The Hall–Kier alpha value is -0.590. The fraction of sp³-hybridized carbons (Fsp3) is 0. The van der Waals surface area contributed by atoms with Gasteiger partial charge in [0.25, 0.3) is 6.26 Å². The molecule has 4 N–H and O–H groups in total. The molecule has 3 unspecified atom stereocenters. The third-order valence-electron chi connectivity index (χ3n) is 0. The Balaban J connectivity index is -0.0000000542. The summed E-state index contributed by atoms with van der Waals surface area (Å²) >= 11 is -9.33. The molecule has 0 aromatic rings. The Labute approximate surface area is 89.5 Å². The molecule has 0 bridgehead atoms. The number of aliphatic hydroxyl groups is 1. The second-order valence-corrected chi connectivity index (χ2v) is 1.96. The van der Waals surface area contributed by atoms with Crippen LogP contribution in [0.15, 0.2) is 0 Å². The lowest BCUT2D eigenvalue weighted by molar-refractivity contribution is 0.503. The van der Waals surface area contributed by atoms with Gasteiger partial charge in [0.05, 0.1) is 0 Å². The van der Waals surface area contributed by atoms with Crippen LogP contribution in [0.25, 0.3) is 0 Å². The molecule has 0 aliphatic rings. The number of hydrogen-bond donors (Lipinski definition) is 4. The highest BCUT2D eigenvalue weighted by atomic mass is 32.2. The minimum atomic E-state index is -3.11. The van der Waals surface area contributed by atoms with Crippen molar-refractivity contribution in [1.29, 1.82) is 5.26 Å². The summed E-state index contributed by atoms with van der Waals surface area (Å²) in [6.07, 6.45) is 0.750. The van der Waals surface area contributed by atoms with Gasteiger partial charge in [-0.25, -0.2) is 0 Å². The molecular weight excluding hydrogens is 291 g/mol. The highest BCUT2D eigenvalue weighted by molar-refractivity contribution is 7.74.